The minimum absolute atomic E-state index is 0.127. The van der Waals surface area contributed by atoms with Crippen LogP contribution in [0.3, 0.4) is 0 Å². The van der Waals surface area contributed by atoms with Gasteiger partial charge in [-0.2, -0.15) is 0 Å². The molecule has 0 aliphatic carbocycles. The molecule has 0 fully saturated rings. The highest BCUT2D eigenvalue weighted by Gasteiger charge is 2.33. The van der Waals surface area contributed by atoms with Gasteiger partial charge in [0.25, 0.3) is 11.4 Å². The van der Waals surface area contributed by atoms with Crippen LogP contribution in [0.2, 0.25) is 19.6 Å². The zero-order chi connectivity index (χ0) is 35.4. The highest BCUT2D eigenvalue weighted by Crippen LogP contribution is 2.23. The molecule has 3 atom stereocenters. The standard InChI is InChI=1S/C35H38N4O9Si/c1-49(2,3)48-33(32(23-26-12-8-5-9-13-26)37-35(41)47-31-20-16-29(17-21-31)39(44)45)24-27(22-25-10-6-4-7-11-25)36-34(40)46-30-18-14-28(15-19-30)38(42)43/h4-21,27,32-33H,22-24H2,1-3H3,(H,36,40)(H,37,41)/t27-,32-,33-/m0/s1. The van der Waals surface area contributed by atoms with E-state index in [0.717, 1.165) is 11.1 Å². The van der Waals surface area contributed by atoms with Gasteiger partial charge in [0, 0.05) is 30.3 Å². The third-order valence-electron chi connectivity index (χ3n) is 7.24. The second kappa shape index (κ2) is 17.0. The Balaban J connectivity index is 1.60. The van der Waals surface area contributed by atoms with E-state index in [0.29, 0.717) is 12.8 Å². The average Bonchev–Trinajstić information content (AvgIpc) is 3.05. The third-order valence-corrected chi connectivity index (χ3v) is 8.25. The summed E-state index contributed by atoms with van der Waals surface area (Å²) >= 11 is 0. The Kier molecular flexibility index (Phi) is 12.6. The highest BCUT2D eigenvalue weighted by molar-refractivity contribution is 6.69. The molecule has 4 rings (SSSR count). The number of nitro benzene ring substituents is 2. The first-order valence-corrected chi connectivity index (χ1v) is 19.0. The zero-order valence-electron chi connectivity index (χ0n) is 27.3. The molecule has 0 aliphatic rings. The van der Waals surface area contributed by atoms with E-state index in [9.17, 15) is 29.8 Å². The molecule has 0 bridgehead atoms. The van der Waals surface area contributed by atoms with Gasteiger partial charge in [0.1, 0.15) is 11.5 Å². The molecule has 0 spiro atoms. The Labute approximate surface area is 284 Å². The van der Waals surface area contributed by atoms with Crippen LogP contribution in [0, 0.1) is 20.2 Å². The molecule has 14 heteroatoms. The molecule has 256 valence electrons. The number of hydrogen-bond acceptors (Lipinski definition) is 9. The van der Waals surface area contributed by atoms with Crippen LogP contribution in [-0.2, 0) is 17.3 Å². The van der Waals surface area contributed by atoms with E-state index >= 15 is 0 Å². The van der Waals surface area contributed by atoms with E-state index < -0.39 is 48.5 Å². The van der Waals surface area contributed by atoms with Gasteiger partial charge in [-0.05, 0) is 74.3 Å². The van der Waals surface area contributed by atoms with Crippen molar-refractivity contribution in [3.05, 3.63) is 141 Å². The number of carbonyl (C=O) groups is 2. The first-order chi connectivity index (χ1) is 23.3. The smallest absolute Gasteiger partial charge is 0.412 e. The molecule has 0 saturated carbocycles. The Morgan fingerprint density at radius 1 is 0.653 bits per heavy atom. The number of nitro groups is 2. The number of benzene rings is 4. The molecule has 4 aromatic rings. The third kappa shape index (κ3) is 12.2. The fourth-order valence-electron chi connectivity index (χ4n) is 5.13. The van der Waals surface area contributed by atoms with Gasteiger partial charge in [-0.1, -0.05) is 60.7 Å². The van der Waals surface area contributed by atoms with Crippen LogP contribution in [0.25, 0.3) is 0 Å². The predicted molar refractivity (Wildman–Crippen MR) is 185 cm³/mol. The monoisotopic (exact) mass is 686 g/mol. The fraction of sp³-hybridized carbons (Fsp3) is 0.257. The van der Waals surface area contributed by atoms with Crippen LogP contribution < -0.4 is 20.1 Å². The number of ether oxygens (including phenoxy) is 2. The van der Waals surface area contributed by atoms with Crippen molar-refractivity contribution in [2.45, 2.75) is 57.1 Å². The largest absolute Gasteiger partial charge is 0.413 e. The van der Waals surface area contributed by atoms with Gasteiger partial charge in [0.2, 0.25) is 0 Å². The summed E-state index contributed by atoms with van der Waals surface area (Å²) in [6, 6.07) is 28.3. The maximum atomic E-state index is 13.3. The van der Waals surface area contributed by atoms with Crippen LogP contribution in [0.4, 0.5) is 21.0 Å². The maximum Gasteiger partial charge on any atom is 0.412 e. The first kappa shape index (κ1) is 36.2. The molecule has 0 unspecified atom stereocenters. The summed E-state index contributed by atoms with van der Waals surface area (Å²) < 4.78 is 17.7. The van der Waals surface area contributed by atoms with Crippen molar-refractivity contribution < 1.29 is 33.3 Å². The molecule has 2 amide bonds. The van der Waals surface area contributed by atoms with Crippen LogP contribution >= 0.6 is 0 Å². The van der Waals surface area contributed by atoms with Gasteiger partial charge in [0.15, 0.2) is 8.32 Å². The van der Waals surface area contributed by atoms with Crippen molar-refractivity contribution in [3.63, 3.8) is 0 Å². The number of nitrogens with zero attached hydrogens (tertiary/aromatic N) is 2. The fourth-order valence-corrected chi connectivity index (χ4v) is 6.30. The van der Waals surface area contributed by atoms with E-state index in [1.165, 1.54) is 48.5 Å². The quantitative estimate of drug-likeness (QED) is 0.0744. The topological polar surface area (TPSA) is 172 Å². The van der Waals surface area contributed by atoms with Gasteiger partial charge < -0.3 is 24.5 Å². The Morgan fingerprint density at radius 3 is 1.51 bits per heavy atom. The van der Waals surface area contributed by atoms with E-state index in [1.807, 2.05) is 80.3 Å². The van der Waals surface area contributed by atoms with E-state index in [2.05, 4.69) is 10.6 Å². The second-order valence-electron chi connectivity index (χ2n) is 12.3. The lowest BCUT2D eigenvalue weighted by molar-refractivity contribution is -0.385. The molecule has 49 heavy (non-hydrogen) atoms. The van der Waals surface area contributed by atoms with Crippen LogP contribution in [-0.4, -0.2) is 48.5 Å². The summed E-state index contributed by atoms with van der Waals surface area (Å²) in [7, 11) is -2.27. The molecule has 0 heterocycles. The van der Waals surface area contributed by atoms with Crippen molar-refractivity contribution in [2.75, 3.05) is 0 Å². The molecule has 4 aromatic carbocycles. The SMILES string of the molecule is C[Si](C)(C)O[C@@H](C[C@H](Cc1ccccc1)NC(=O)Oc1ccc([N+](=O)[O-])cc1)[C@H](Cc1ccccc1)NC(=O)Oc1ccc([N+](=O)[O-])cc1. The summed E-state index contributed by atoms with van der Waals surface area (Å²) in [5.74, 6) is 0.260. The normalized spacial score (nSPS) is 13.0. The average molecular weight is 687 g/mol. The van der Waals surface area contributed by atoms with Crippen molar-refractivity contribution in [3.8, 4) is 11.5 Å². The lowest BCUT2D eigenvalue weighted by Gasteiger charge is -2.35. The maximum absolute atomic E-state index is 13.3. The van der Waals surface area contributed by atoms with Gasteiger partial charge >= 0.3 is 12.2 Å². The molecule has 0 aromatic heterocycles. The molecule has 0 aliphatic heterocycles. The van der Waals surface area contributed by atoms with Gasteiger partial charge in [0.05, 0.1) is 22.0 Å². The number of amides is 2. The Morgan fingerprint density at radius 2 is 1.08 bits per heavy atom. The summed E-state index contributed by atoms with van der Waals surface area (Å²) in [5.41, 5.74) is 1.60. The Bertz CT molecular complexity index is 1700. The van der Waals surface area contributed by atoms with Crippen LogP contribution in [0.1, 0.15) is 17.5 Å². The number of hydrogen-bond donors (Lipinski definition) is 2. The summed E-state index contributed by atoms with van der Waals surface area (Å²) in [5, 5.41) is 28.0. The number of rotatable bonds is 15. The van der Waals surface area contributed by atoms with E-state index in [1.54, 1.807) is 0 Å². The lowest BCUT2D eigenvalue weighted by Crippen LogP contribution is -2.53. The molecule has 2 N–H and O–H groups in total. The minimum Gasteiger partial charge on any atom is -0.413 e. The molecular weight excluding hydrogens is 648 g/mol. The lowest BCUT2D eigenvalue weighted by atomic mass is 9.94. The minimum atomic E-state index is -2.27. The van der Waals surface area contributed by atoms with Crippen molar-refractivity contribution in [2.24, 2.45) is 0 Å². The molecular formula is C35H38N4O9Si. The Hall–Kier alpha value is -5.60. The first-order valence-electron chi connectivity index (χ1n) is 15.6. The molecule has 0 radical (unpaired) electrons. The molecule has 13 nitrogen and oxygen atoms in total. The predicted octanol–water partition coefficient (Wildman–Crippen LogP) is 7.21. The summed E-state index contributed by atoms with van der Waals surface area (Å²) in [4.78, 5) is 47.5. The van der Waals surface area contributed by atoms with Crippen LogP contribution in [0.5, 0.6) is 11.5 Å². The number of carbonyl (C=O) groups excluding carboxylic acids is 2. The van der Waals surface area contributed by atoms with Crippen molar-refractivity contribution in [1.29, 1.82) is 0 Å². The molecule has 0 saturated heterocycles. The van der Waals surface area contributed by atoms with Crippen LogP contribution in [0.15, 0.2) is 109 Å². The highest BCUT2D eigenvalue weighted by atomic mass is 28.4. The van der Waals surface area contributed by atoms with E-state index in [-0.39, 0.29) is 29.3 Å². The zero-order valence-corrected chi connectivity index (χ0v) is 28.3. The number of non-ortho nitro benzene ring substituents is 2. The summed E-state index contributed by atoms with van der Waals surface area (Å²) in [6.07, 6.45) is -1.09. The summed E-state index contributed by atoms with van der Waals surface area (Å²) in [6.45, 7) is 6.08. The van der Waals surface area contributed by atoms with Crippen molar-refractivity contribution in [1.82, 2.24) is 10.6 Å². The van der Waals surface area contributed by atoms with E-state index in [4.69, 9.17) is 13.9 Å². The number of nitrogens with one attached hydrogen (secondary N) is 2. The van der Waals surface area contributed by atoms with Gasteiger partial charge in [-0.3, -0.25) is 20.2 Å². The van der Waals surface area contributed by atoms with Crippen molar-refractivity contribution >= 4 is 31.9 Å². The van der Waals surface area contributed by atoms with Gasteiger partial charge in [-0.25, -0.2) is 9.59 Å². The van der Waals surface area contributed by atoms with Gasteiger partial charge in [-0.15, -0.1) is 0 Å². The second-order valence-corrected chi connectivity index (χ2v) is 16.7.